The van der Waals surface area contributed by atoms with Gasteiger partial charge in [0, 0.05) is 38.7 Å². The lowest BCUT2D eigenvalue weighted by Crippen LogP contribution is -2.53. The van der Waals surface area contributed by atoms with Crippen LogP contribution >= 0.6 is 11.3 Å². The molecule has 0 aromatic carbocycles. The van der Waals surface area contributed by atoms with Crippen LogP contribution in [0.15, 0.2) is 0 Å². The predicted molar refractivity (Wildman–Crippen MR) is 84.0 cm³/mol. The smallest absolute Gasteiger partial charge is 0.227 e. The van der Waals surface area contributed by atoms with Crippen molar-refractivity contribution in [2.45, 2.75) is 32.3 Å². The van der Waals surface area contributed by atoms with Crippen molar-refractivity contribution >= 4 is 22.4 Å². The van der Waals surface area contributed by atoms with Gasteiger partial charge in [-0.2, -0.15) is 0 Å². The van der Waals surface area contributed by atoms with Crippen LogP contribution in [0.1, 0.15) is 24.3 Å². The largest absolute Gasteiger partial charge is 0.376 e. The molecule has 120 valence electrons. The molecule has 3 saturated heterocycles. The first-order chi connectivity index (χ1) is 10.7. The fraction of sp³-hybridized carbons (Fsp3) is 0.800. The third kappa shape index (κ3) is 2.50. The number of hydrogen-bond acceptors (Lipinski definition) is 6. The average Bonchev–Trinajstić information content (AvgIpc) is 3.26. The molecule has 0 unspecified atom stereocenters. The maximum atomic E-state index is 12.9. The van der Waals surface area contributed by atoms with Crippen LogP contribution in [0.4, 0.5) is 5.13 Å². The first-order valence-corrected chi connectivity index (χ1v) is 8.99. The summed E-state index contributed by atoms with van der Waals surface area (Å²) in [4.78, 5) is 17.2. The number of rotatable bonds is 2. The van der Waals surface area contributed by atoms with Gasteiger partial charge in [0.1, 0.15) is 5.01 Å². The summed E-state index contributed by atoms with van der Waals surface area (Å²) in [6, 6.07) is 0. The molecule has 22 heavy (non-hydrogen) atoms. The van der Waals surface area contributed by atoms with Crippen LogP contribution in [-0.2, 0) is 9.53 Å². The Morgan fingerprint density at radius 2 is 2.09 bits per heavy atom. The molecule has 1 aromatic heterocycles. The number of carbonyl (C=O) groups is 1. The Morgan fingerprint density at radius 3 is 2.82 bits per heavy atom. The Morgan fingerprint density at radius 1 is 1.27 bits per heavy atom. The number of amides is 1. The van der Waals surface area contributed by atoms with Gasteiger partial charge in [0.05, 0.1) is 12.0 Å². The van der Waals surface area contributed by atoms with Crippen molar-refractivity contribution in [1.82, 2.24) is 15.1 Å². The summed E-state index contributed by atoms with van der Waals surface area (Å²) in [7, 11) is 0. The number of hydrogen-bond donors (Lipinski definition) is 0. The maximum Gasteiger partial charge on any atom is 0.227 e. The van der Waals surface area contributed by atoms with Gasteiger partial charge in [-0.1, -0.05) is 11.3 Å². The summed E-state index contributed by atoms with van der Waals surface area (Å²) in [5.74, 6) is 0.742. The second-order valence-electron chi connectivity index (χ2n) is 6.51. The Balaban J connectivity index is 1.56. The number of piperidine rings is 1. The standard InChI is InChI=1S/C15H22N4O2S/c1-10-16-17-15(22-10)19-8-12(11-4-7-21-13(11)9-19)14(20)18-5-2-3-6-18/h11-13H,2-9H2,1H3/t11-,12+,13+/m1/s1. The monoisotopic (exact) mass is 322 g/mol. The molecule has 0 N–H and O–H groups in total. The molecule has 1 amide bonds. The lowest BCUT2D eigenvalue weighted by atomic mass is 9.82. The van der Waals surface area contributed by atoms with E-state index in [1.54, 1.807) is 11.3 Å². The van der Waals surface area contributed by atoms with Crippen molar-refractivity contribution < 1.29 is 9.53 Å². The number of aromatic nitrogens is 2. The fourth-order valence-electron chi connectivity index (χ4n) is 3.98. The number of nitrogens with zero attached hydrogens (tertiary/aromatic N) is 4. The van der Waals surface area contributed by atoms with Crippen molar-refractivity contribution in [2.75, 3.05) is 37.7 Å². The Labute approximate surface area is 134 Å². The zero-order valence-electron chi connectivity index (χ0n) is 12.9. The van der Waals surface area contributed by atoms with E-state index < -0.39 is 0 Å². The van der Waals surface area contributed by atoms with Crippen molar-refractivity contribution in [2.24, 2.45) is 11.8 Å². The number of fused-ring (bicyclic) bond motifs is 1. The van der Waals surface area contributed by atoms with Crippen molar-refractivity contribution in [3.63, 3.8) is 0 Å². The van der Waals surface area contributed by atoms with Crippen LogP contribution in [-0.4, -0.2) is 59.9 Å². The molecule has 3 fully saturated rings. The van der Waals surface area contributed by atoms with Gasteiger partial charge >= 0.3 is 0 Å². The van der Waals surface area contributed by atoms with Gasteiger partial charge in [-0.05, 0) is 26.2 Å². The Hall–Kier alpha value is -1.21. The number of anilines is 1. The maximum absolute atomic E-state index is 12.9. The Kier molecular flexibility index (Phi) is 3.78. The third-order valence-electron chi connectivity index (χ3n) is 5.12. The molecular formula is C15H22N4O2S. The van der Waals surface area contributed by atoms with E-state index in [0.717, 1.165) is 62.2 Å². The molecule has 4 heterocycles. The van der Waals surface area contributed by atoms with Crippen LogP contribution in [0.5, 0.6) is 0 Å². The lowest BCUT2D eigenvalue weighted by Gasteiger charge is -2.40. The van der Waals surface area contributed by atoms with Gasteiger partial charge in [0.25, 0.3) is 0 Å². The second kappa shape index (κ2) is 5.77. The number of ether oxygens (including phenoxy) is 1. The molecule has 0 spiro atoms. The summed E-state index contributed by atoms with van der Waals surface area (Å²) in [6.45, 7) is 6.18. The number of likely N-dealkylation sites (tertiary alicyclic amines) is 1. The number of aryl methyl sites for hydroxylation is 1. The molecule has 4 rings (SSSR count). The van der Waals surface area contributed by atoms with E-state index in [2.05, 4.69) is 20.0 Å². The van der Waals surface area contributed by atoms with Crippen molar-refractivity contribution in [3.8, 4) is 0 Å². The van der Waals surface area contributed by atoms with Crippen molar-refractivity contribution in [1.29, 1.82) is 0 Å². The topological polar surface area (TPSA) is 58.6 Å². The molecule has 0 saturated carbocycles. The molecule has 3 aliphatic heterocycles. The second-order valence-corrected chi connectivity index (χ2v) is 7.67. The SMILES string of the molecule is Cc1nnc(N2C[C@@H]3OCC[C@@H]3[C@@H](C(=O)N3CCCC3)C2)s1. The highest BCUT2D eigenvalue weighted by Crippen LogP contribution is 2.37. The minimum atomic E-state index is 0.0450. The van der Waals surface area contributed by atoms with E-state index in [9.17, 15) is 4.79 Å². The summed E-state index contributed by atoms with van der Waals surface area (Å²) < 4.78 is 5.90. The normalized spacial score (nSPS) is 31.6. The summed E-state index contributed by atoms with van der Waals surface area (Å²) in [6.07, 6.45) is 3.46. The molecule has 7 heteroatoms. The third-order valence-corrected chi connectivity index (χ3v) is 6.02. The zero-order valence-corrected chi connectivity index (χ0v) is 13.7. The van der Waals surface area contributed by atoms with Crippen LogP contribution in [0, 0.1) is 18.8 Å². The van der Waals surface area contributed by atoms with Gasteiger partial charge in [-0.15, -0.1) is 10.2 Å². The highest BCUT2D eigenvalue weighted by Gasteiger charge is 2.46. The lowest BCUT2D eigenvalue weighted by molar-refractivity contribution is -0.137. The van der Waals surface area contributed by atoms with E-state index in [1.165, 1.54) is 0 Å². The van der Waals surface area contributed by atoms with Crippen LogP contribution < -0.4 is 4.90 Å². The molecule has 6 nitrogen and oxygen atoms in total. The van der Waals surface area contributed by atoms with Crippen LogP contribution in [0.3, 0.4) is 0 Å². The highest BCUT2D eigenvalue weighted by molar-refractivity contribution is 7.15. The minimum absolute atomic E-state index is 0.0450. The van der Waals surface area contributed by atoms with Gasteiger partial charge < -0.3 is 14.5 Å². The van der Waals surface area contributed by atoms with E-state index in [1.807, 2.05) is 6.92 Å². The fourth-order valence-corrected chi connectivity index (χ4v) is 4.69. The van der Waals surface area contributed by atoms with Crippen LogP contribution in [0.2, 0.25) is 0 Å². The van der Waals surface area contributed by atoms with Gasteiger partial charge in [0.2, 0.25) is 11.0 Å². The quantitative estimate of drug-likeness (QED) is 0.822. The predicted octanol–water partition coefficient (Wildman–Crippen LogP) is 1.31. The molecule has 3 aliphatic rings. The number of carbonyl (C=O) groups excluding carboxylic acids is 1. The molecule has 0 radical (unpaired) electrons. The zero-order chi connectivity index (χ0) is 15.1. The van der Waals surface area contributed by atoms with Gasteiger partial charge in [-0.25, -0.2) is 0 Å². The van der Waals surface area contributed by atoms with Gasteiger partial charge in [0.15, 0.2) is 0 Å². The molecule has 0 aliphatic carbocycles. The summed E-state index contributed by atoms with van der Waals surface area (Å²) >= 11 is 1.60. The van der Waals surface area contributed by atoms with E-state index in [0.29, 0.717) is 11.8 Å². The Bertz CT molecular complexity index is 557. The van der Waals surface area contributed by atoms with E-state index in [4.69, 9.17) is 4.74 Å². The first kappa shape index (κ1) is 14.4. The van der Waals surface area contributed by atoms with E-state index in [-0.39, 0.29) is 12.0 Å². The molecule has 0 bridgehead atoms. The average molecular weight is 322 g/mol. The minimum Gasteiger partial charge on any atom is -0.376 e. The molecule has 1 aromatic rings. The summed E-state index contributed by atoms with van der Waals surface area (Å²) in [5, 5.41) is 10.3. The van der Waals surface area contributed by atoms with Crippen molar-refractivity contribution in [3.05, 3.63) is 5.01 Å². The first-order valence-electron chi connectivity index (χ1n) is 8.18. The summed E-state index contributed by atoms with van der Waals surface area (Å²) in [5.41, 5.74) is 0. The van der Waals surface area contributed by atoms with Crippen LogP contribution in [0.25, 0.3) is 0 Å². The molecule has 3 atom stereocenters. The van der Waals surface area contributed by atoms with Gasteiger partial charge in [-0.3, -0.25) is 4.79 Å². The highest BCUT2D eigenvalue weighted by atomic mass is 32.1. The molecular weight excluding hydrogens is 300 g/mol. The van der Waals surface area contributed by atoms with E-state index >= 15 is 0 Å².